The summed E-state index contributed by atoms with van der Waals surface area (Å²) in [6.07, 6.45) is 2.11. The molecule has 1 unspecified atom stereocenters. The zero-order chi connectivity index (χ0) is 26.9. The van der Waals surface area contributed by atoms with Crippen LogP contribution in [0.4, 0.5) is 5.69 Å². The van der Waals surface area contributed by atoms with Crippen LogP contribution in [0.1, 0.15) is 54.7 Å². The van der Waals surface area contributed by atoms with Crippen LogP contribution >= 0.6 is 0 Å². The molecular formula is C26H30N4O6S. The van der Waals surface area contributed by atoms with Crippen molar-refractivity contribution in [3.63, 3.8) is 0 Å². The maximum absolute atomic E-state index is 13.3. The number of anilines is 1. The molecule has 1 amide bonds. The molecule has 0 saturated heterocycles. The molecular weight excluding hydrogens is 496 g/mol. The topological polar surface area (TPSA) is 140 Å². The third kappa shape index (κ3) is 5.83. The van der Waals surface area contributed by atoms with E-state index in [-0.39, 0.29) is 45.6 Å². The average Bonchev–Trinajstić information content (AvgIpc) is 3.60. The molecule has 3 aromatic rings. The predicted octanol–water partition coefficient (Wildman–Crippen LogP) is 4.40. The minimum absolute atomic E-state index is 0.0250. The Labute approximate surface area is 215 Å². The maximum Gasteiger partial charge on any atom is 0.356 e. The number of hydrogen-bond donors (Lipinski definition) is 3. The van der Waals surface area contributed by atoms with Crippen LogP contribution in [0.5, 0.6) is 11.6 Å². The first-order chi connectivity index (χ1) is 17.5. The van der Waals surface area contributed by atoms with Crippen molar-refractivity contribution in [3.05, 3.63) is 59.3 Å². The molecule has 0 aliphatic heterocycles. The number of sulfonamides is 1. The fourth-order valence-corrected chi connectivity index (χ4v) is 5.04. The van der Waals surface area contributed by atoms with Crippen molar-refractivity contribution in [3.8, 4) is 17.3 Å². The van der Waals surface area contributed by atoms with E-state index in [1.54, 1.807) is 32.0 Å². The van der Waals surface area contributed by atoms with Crippen LogP contribution in [-0.2, 0) is 14.8 Å². The molecule has 1 aliphatic carbocycles. The number of carbonyl (C=O) groups excluding carboxylic acids is 1. The lowest BCUT2D eigenvalue weighted by atomic mass is 10.1. The number of rotatable bonds is 10. The highest BCUT2D eigenvalue weighted by molar-refractivity contribution is 7.89. The molecule has 10 nitrogen and oxygen atoms in total. The summed E-state index contributed by atoms with van der Waals surface area (Å²) in [5, 5.41) is 16.6. The number of carbonyl (C=O) groups is 2. The van der Waals surface area contributed by atoms with Gasteiger partial charge in [0.2, 0.25) is 21.8 Å². The van der Waals surface area contributed by atoms with Crippen LogP contribution in [-0.4, -0.2) is 41.2 Å². The number of ether oxygens (including phenoxy) is 1. The van der Waals surface area contributed by atoms with Crippen LogP contribution < -0.4 is 14.8 Å². The number of carboxylic acid groups (broad SMARTS) is 1. The van der Waals surface area contributed by atoms with E-state index >= 15 is 0 Å². The van der Waals surface area contributed by atoms with Gasteiger partial charge in [0.15, 0.2) is 5.69 Å². The second-order valence-electron chi connectivity index (χ2n) is 9.29. The number of aryl methyl sites for hydroxylation is 1. The largest absolute Gasteiger partial charge is 0.476 e. The van der Waals surface area contributed by atoms with E-state index in [4.69, 9.17) is 4.74 Å². The van der Waals surface area contributed by atoms with E-state index in [1.807, 2.05) is 26.0 Å². The third-order valence-electron chi connectivity index (χ3n) is 6.22. The molecule has 11 heteroatoms. The lowest BCUT2D eigenvalue weighted by Crippen LogP contribution is -2.26. The lowest BCUT2D eigenvalue weighted by Gasteiger charge is -2.16. The second-order valence-corrected chi connectivity index (χ2v) is 11.0. The molecule has 1 aliphatic rings. The lowest BCUT2D eigenvalue weighted by molar-refractivity contribution is -0.119. The summed E-state index contributed by atoms with van der Waals surface area (Å²) >= 11 is 0. The third-order valence-corrected chi connectivity index (χ3v) is 7.76. The molecule has 2 aromatic carbocycles. The molecule has 1 heterocycles. The number of hydrogen-bond acceptors (Lipinski definition) is 6. The summed E-state index contributed by atoms with van der Waals surface area (Å²) in [5.74, 6) is -1.67. The fourth-order valence-electron chi connectivity index (χ4n) is 3.58. The Balaban J connectivity index is 1.80. The molecule has 1 saturated carbocycles. The molecule has 3 N–H and O–H groups in total. The minimum atomic E-state index is -4.01. The van der Waals surface area contributed by atoms with Crippen molar-refractivity contribution in [2.75, 3.05) is 5.32 Å². The van der Waals surface area contributed by atoms with Crippen molar-refractivity contribution in [1.82, 2.24) is 14.5 Å². The van der Waals surface area contributed by atoms with E-state index in [2.05, 4.69) is 15.1 Å². The molecule has 1 aromatic heterocycles. The van der Waals surface area contributed by atoms with Gasteiger partial charge in [0.25, 0.3) is 0 Å². The summed E-state index contributed by atoms with van der Waals surface area (Å²) in [6, 6.07) is 11.4. The highest BCUT2D eigenvalue weighted by atomic mass is 32.2. The first-order valence-corrected chi connectivity index (χ1v) is 13.5. The summed E-state index contributed by atoms with van der Waals surface area (Å²) < 4.78 is 36.7. The Morgan fingerprint density at radius 2 is 1.84 bits per heavy atom. The maximum atomic E-state index is 13.3. The summed E-state index contributed by atoms with van der Waals surface area (Å²) in [7, 11) is -4.01. The fraction of sp³-hybridized carbons (Fsp3) is 0.346. The second kappa shape index (κ2) is 10.3. The van der Waals surface area contributed by atoms with Crippen molar-refractivity contribution < 1.29 is 27.9 Å². The van der Waals surface area contributed by atoms with Crippen molar-refractivity contribution >= 4 is 27.6 Å². The Kier molecular flexibility index (Phi) is 7.37. The molecule has 1 atom stereocenters. The van der Waals surface area contributed by atoms with Crippen molar-refractivity contribution in [1.29, 1.82) is 0 Å². The zero-order valence-electron chi connectivity index (χ0n) is 21.1. The first-order valence-electron chi connectivity index (χ1n) is 12.0. The Bertz CT molecular complexity index is 1440. The van der Waals surface area contributed by atoms with E-state index < -0.39 is 16.0 Å². The van der Waals surface area contributed by atoms with Crippen molar-refractivity contribution in [2.24, 2.45) is 5.92 Å². The summed E-state index contributed by atoms with van der Waals surface area (Å²) in [5.41, 5.74) is 1.88. The van der Waals surface area contributed by atoms with Gasteiger partial charge in [-0.05, 0) is 63.4 Å². The van der Waals surface area contributed by atoms with Gasteiger partial charge in [0.05, 0.1) is 5.69 Å². The van der Waals surface area contributed by atoms with Gasteiger partial charge < -0.3 is 15.2 Å². The highest BCUT2D eigenvalue weighted by Crippen LogP contribution is 2.36. The van der Waals surface area contributed by atoms with Crippen LogP contribution in [0.3, 0.4) is 0 Å². The van der Waals surface area contributed by atoms with Gasteiger partial charge in [-0.2, -0.15) is 9.78 Å². The minimum Gasteiger partial charge on any atom is -0.476 e. The van der Waals surface area contributed by atoms with E-state index in [9.17, 15) is 23.1 Å². The van der Waals surface area contributed by atoms with Crippen molar-refractivity contribution in [2.45, 2.75) is 57.9 Å². The van der Waals surface area contributed by atoms with Crippen LogP contribution in [0.15, 0.2) is 47.4 Å². The number of amides is 1. The Morgan fingerprint density at radius 1 is 1.16 bits per heavy atom. The van der Waals surface area contributed by atoms with E-state index in [0.717, 1.165) is 18.4 Å². The van der Waals surface area contributed by atoms with Gasteiger partial charge in [-0.15, -0.1) is 0 Å². The smallest absolute Gasteiger partial charge is 0.356 e. The number of benzene rings is 2. The SMILES string of the molecule is CCC(C)C(=O)Nc1ccc(Oc2c(C)c(C(=O)O)nn2-c2ccc(C)cc2)c(S(=O)(=O)NC2CC2)c1. The molecule has 0 radical (unpaired) electrons. The van der Waals surface area contributed by atoms with Gasteiger partial charge in [-0.3, -0.25) is 4.79 Å². The Morgan fingerprint density at radius 3 is 2.43 bits per heavy atom. The summed E-state index contributed by atoms with van der Waals surface area (Å²) in [4.78, 5) is 24.1. The van der Waals surface area contributed by atoms with Gasteiger partial charge in [0.1, 0.15) is 10.6 Å². The van der Waals surface area contributed by atoms with E-state index in [1.165, 1.54) is 16.8 Å². The van der Waals surface area contributed by atoms with Gasteiger partial charge >= 0.3 is 5.97 Å². The molecule has 196 valence electrons. The summed E-state index contributed by atoms with van der Waals surface area (Å²) in [6.45, 7) is 7.15. The normalized spacial score (nSPS) is 14.3. The standard InChI is InChI=1S/C26H30N4O6S/c1-5-16(3)24(31)27-19-10-13-21(22(14-19)37(34,35)29-18-8-9-18)36-25-17(4)23(26(32)33)28-30(25)20-11-6-15(2)7-12-20/h6-7,10-14,16,18,29H,5,8-9H2,1-4H3,(H,27,31)(H,32,33). The van der Waals surface area contributed by atoms with Crippen LogP contribution in [0, 0.1) is 19.8 Å². The number of carboxylic acids is 1. The molecule has 0 bridgehead atoms. The highest BCUT2D eigenvalue weighted by Gasteiger charge is 2.31. The molecule has 1 fully saturated rings. The average molecular weight is 527 g/mol. The zero-order valence-corrected chi connectivity index (χ0v) is 21.9. The number of nitrogens with one attached hydrogen (secondary N) is 2. The van der Waals surface area contributed by atoms with Crippen LogP contribution in [0.2, 0.25) is 0 Å². The Hall–Kier alpha value is -3.70. The molecule has 37 heavy (non-hydrogen) atoms. The first kappa shape index (κ1) is 26.4. The number of aromatic carboxylic acids is 1. The number of aromatic nitrogens is 2. The van der Waals surface area contributed by atoms with Gasteiger partial charge in [-0.1, -0.05) is 31.5 Å². The van der Waals surface area contributed by atoms with Gasteiger partial charge in [-0.25, -0.2) is 17.9 Å². The van der Waals surface area contributed by atoms with E-state index in [0.29, 0.717) is 17.8 Å². The predicted molar refractivity (Wildman–Crippen MR) is 138 cm³/mol. The quantitative estimate of drug-likeness (QED) is 0.356. The number of nitrogens with zero attached hydrogens (tertiary/aromatic N) is 2. The monoisotopic (exact) mass is 526 g/mol. The van der Waals surface area contributed by atoms with Crippen LogP contribution in [0.25, 0.3) is 5.69 Å². The molecule has 0 spiro atoms. The van der Waals surface area contributed by atoms with Gasteiger partial charge in [0, 0.05) is 23.2 Å². The molecule has 4 rings (SSSR count).